The number of aromatic nitrogens is 5. The third-order valence-electron chi connectivity index (χ3n) is 6.43. The molecule has 176 valence electrons. The minimum atomic E-state index is -0.250. The van der Waals surface area contributed by atoms with Crippen molar-refractivity contribution in [1.82, 2.24) is 29.4 Å². The lowest BCUT2D eigenvalue weighted by Crippen LogP contribution is -2.27. The molecule has 33 heavy (non-hydrogen) atoms. The molecule has 0 radical (unpaired) electrons. The molecule has 5 rings (SSSR count). The normalized spacial score (nSPS) is 21.4. The molecule has 1 saturated carbocycles. The van der Waals surface area contributed by atoms with E-state index in [-0.39, 0.29) is 6.47 Å². The van der Waals surface area contributed by atoms with Crippen molar-refractivity contribution in [3.63, 3.8) is 0 Å². The van der Waals surface area contributed by atoms with E-state index in [1.54, 1.807) is 22.6 Å². The van der Waals surface area contributed by atoms with Gasteiger partial charge in [0.2, 0.25) is 0 Å². The topological polar surface area (TPSA) is 89.1 Å². The van der Waals surface area contributed by atoms with Crippen LogP contribution in [-0.4, -0.2) is 66.4 Å². The molecule has 1 aliphatic carbocycles. The van der Waals surface area contributed by atoms with Gasteiger partial charge >= 0.3 is 0 Å². The van der Waals surface area contributed by atoms with E-state index >= 15 is 0 Å². The van der Waals surface area contributed by atoms with Gasteiger partial charge in [0.05, 0.1) is 11.8 Å². The van der Waals surface area contributed by atoms with Gasteiger partial charge in [-0.05, 0) is 43.0 Å². The summed E-state index contributed by atoms with van der Waals surface area (Å²) in [5.41, 5.74) is 2.73. The van der Waals surface area contributed by atoms with Crippen molar-refractivity contribution < 1.29 is 9.90 Å². The van der Waals surface area contributed by atoms with Crippen molar-refractivity contribution in [1.29, 1.82) is 0 Å². The summed E-state index contributed by atoms with van der Waals surface area (Å²) in [4.78, 5) is 11.0. The quantitative estimate of drug-likeness (QED) is 0.268. The Balaban J connectivity index is 0.000000821. The Morgan fingerprint density at radius 1 is 1.30 bits per heavy atom. The molecule has 11 heteroatoms. The van der Waals surface area contributed by atoms with Crippen LogP contribution in [0, 0.1) is 5.92 Å². The number of piperidine rings is 1. The molecule has 2 aromatic heterocycles. The number of nitrogens with zero attached hydrogens (tertiary/aromatic N) is 6. The maximum Gasteiger partial charge on any atom is 0.290 e. The number of halogens is 2. The molecule has 1 aliphatic heterocycles. The zero-order valence-corrected chi connectivity index (χ0v) is 21.6. The molecule has 0 bridgehead atoms. The molecule has 0 amide bonds. The Hall–Kier alpha value is -1.88. The van der Waals surface area contributed by atoms with Gasteiger partial charge in [0.25, 0.3) is 6.47 Å². The van der Waals surface area contributed by atoms with Gasteiger partial charge in [0.1, 0.15) is 5.15 Å². The van der Waals surface area contributed by atoms with Crippen molar-refractivity contribution in [2.24, 2.45) is 20.0 Å². The van der Waals surface area contributed by atoms with Gasteiger partial charge in [-0.1, -0.05) is 51.4 Å². The van der Waals surface area contributed by atoms with Crippen LogP contribution < -0.4 is 0 Å². The number of carboxylic acid groups (broad SMARTS) is 1. The van der Waals surface area contributed by atoms with Crippen LogP contribution in [0.1, 0.15) is 18.4 Å². The first-order valence-electron chi connectivity index (χ1n) is 10.7. The number of benzene rings is 1. The van der Waals surface area contributed by atoms with Crippen LogP contribution in [0.25, 0.3) is 11.4 Å². The number of hydrogen-bond acceptors (Lipinski definition) is 6. The van der Waals surface area contributed by atoms with Crippen molar-refractivity contribution in [3.05, 3.63) is 45.7 Å². The highest BCUT2D eigenvalue weighted by molar-refractivity contribution is 9.10. The summed E-state index contributed by atoms with van der Waals surface area (Å²) in [6.45, 7) is 3.31. The van der Waals surface area contributed by atoms with Gasteiger partial charge in [-0.2, -0.15) is 5.10 Å². The molecule has 3 aromatic rings. The third kappa shape index (κ3) is 4.99. The van der Waals surface area contributed by atoms with E-state index in [9.17, 15) is 0 Å². The maximum absolute atomic E-state index is 8.36. The van der Waals surface area contributed by atoms with E-state index < -0.39 is 0 Å². The number of aryl methyl sites for hydroxylation is 1. The summed E-state index contributed by atoms with van der Waals surface area (Å²) in [7, 11) is 3.80. The molecule has 2 aliphatic rings. The number of likely N-dealkylation sites (tertiary alicyclic amines) is 1. The fourth-order valence-corrected chi connectivity index (χ4v) is 5.96. The molecular weight excluding hydrogens is 528 g/mol. The first-order chi connectivity index (χ1) is 15.9. The maximum atomic E-state index is 8.36. The summed E-state index contributed by atoms with van der Waals surface area (Å²) in [5, 5.41) is 21.2. The van der Waals surface area contributed by atoms with Crippen LogP contribution in [-0.2, 0) is 24.3 Å². The standard InChI is InChI=1S/C21H24BrClN6S.CH2O2/c1-27-19(17-11-24-28(2)18(17)23)25-26-20(27)30-9-3-8-29-12-15-10-21(15,13-29)14-4-6-16(22)7-5-14;2-1-3/h4-7,11,15H,3,8-10,12-13H2,1-2H3;1H,(H,2,3)/t15-,21?;/m0./s1. The van der Waals surface area contributed by atoms with Crippen LogP contribution in [0.15, 0.2) is 40.1 Å². The smallest absolute Gasteiger partial charge is 0.290 e. The fourth-order valence-electron chi connectivity index (χ4n) is 4.69. The van der Waals surface area contributed by atoms with Gasteiger partial charge in [0, 0.05) is 42.8 Å². The number of hydrogen-bond donors (Lipinski definition) is 1. The first-order valence-corrected chi connectivity index (χ1v) is 12.8. The largest absolute Gasteiger partial charge is 0.483 e. The number of thioether (sulfide) groups is 1. The SMILES string of the molecule is Cn1ncc(-c2nnc(SCCCN3C[C@@H]4CC4(c4ccc(Br)cc4)C3)n2C)c1Cl.O=CO. The average molecular weight is 554 g/mol. The van der Waals surface area contributed by atoms with Gasteiger partial charge in [-0.15, -0.1) is 10.2 Å². The van der Waals surface area contributed by atoms with Gasteiger partial charge in [-0.25, -0.2) is 0 Å². The van der Waals surface area contributed by atoms with Gasteiger partial charge < -0.3 is 14.6 Å². The van der Waals surface area contributed by atoms with E-state index in [1.165, 1.54) is 25.1 Å². The lowest BCUT2D eigenvalue weighted by Gasteiger charge is -2.21. The molecule has 2 atom stereocenters. The highest BCUT2D eigenvalue weighted by Crippen LogP contribution is 2.59. The molecule has 3 heterocycles. The van der Waals surface area contributed by atoms with E-state index in [0.29, 0.717) is 10.6 Å². The van der Waals surface area contributed by atoms with E-state index in [4.69, 9.17) is 21.5 Å². The molecule has 1 aromatic carbocycles. The number of rotatable bonds is 7. The highest BCUT2D eigenvalue weighted by Gasteiger charge is 2.60. The predicted octanol–water partition coefficient (Wildman–Crippen LogP) is 4.09. The zero-order valence-electron chi connectivity index (χ0n) is 18.5. The Bertz CT molecular complexity index is 1120. The van der Waals surface area contributed by atoms with Crippen molar-refractivity contribution in [2.75, 3.05) is 25.4 Å². The first kappa shape index (κ1) is 24.3. The second kappa shape index (κ2) is 10.2. The van der Waals surface area contributed by atoms with Crippen LogP contribution in [0.3, 0.4) is 0 Å². The van der Waals surface area contributed by atoms with Gasteiger partial charge in [-0.3, -0.25) is 9.48 Å². The summed E-state index contributed by atoms with van der Waals surface area (Å²) in [5.74, 6) is 2.61. The predicted molar refractivity (Wildman–Crippen MR) is 133 cm³/mol. The number of carbonyl (C=O) groups is 1. The minimum absolute atomic E-state index is 0.250. The van der Waals surface area contributed by atoms with Crippen LogP contribution in [0.5, 0.6) is 0 Å². The van der Waals surface area contributed by atoms with Crippen molar-refractivity contribution in [3.8, 4) is 11.4 Å². The lowest BCUT2D eigenvalue weighted by molar-refractivity contribution is -0.122. The molecule has 8 nitrogen and oxygen atoms in total. The third-order valence-corrected chi connectivity index (χ3v) is 8.51. The Morgan fingerprint density at radius 3 is 2.70 bits per heavy atom. The molecule has 1 saturated heterocycles. The lowest BCUT2D eigenvalue weighted by atomic mass is 9.95. The molecular formula is C22H26BrClN6O2S. The Kier molecular flexibility index (Phi) is 7.47. The molecule has 0 spiro atoms. The zero-order chi connectivity index (χ0) is 23.6. The summed E-state index contributed by atoms with van der Waals surface area (Å²) >= 11 is 11.6. The minimum Gasteiger partial charge on any atom is -0.483 e. The van der Waals surface area contributed by atoms with Crippen molar-refractivity contribution >= 4 is 45.8 Å². The van der Waals surface area contributed by atoms with Gasteiger partial charge in [0.15, 0.2) is 11.0 Å². The van der Waals surface area contributed by atoms with E-state index in [0.717, 1.165) is 45.7 Å². The highest BCUT2D eigenvalue weighted by atomic mass is 79.9. The van der Waals surface area contributed by atoms with E-state index in [2.05, 4.69) is 60.4 Å². The van der Waals surface area contributed by atoms with Crippen LogP contribution >= 0.6 is 39.3 Å². The summed E-state index contributed by atoms with van der Waals surface area (Å²) in [6, 6.07) is 8.94. The Morgan fingerprint density at radius 2 is 2.03 bits per heavy atom. The molecule has 1 unspecified atom stereocenters. The summed E-state index contributed by atoms with van der Waals surface area (Å²) in [6.07, 6.45) is 4.23. The second-order valence-corrected chi connectivity index (χ2v) is 10.8. The molecule has 2 fully saturated rings. The average Bonchev–Trinajstić information content (AvgIpc) is 3.03. The fraction of sp³-hybridized carbons (Fsp3) is 0.455. The summed E-state index contributed by atoms with van der Waals surface area (Å²) < 4.78 is 4.80. The number of fused-ring (bicyclic) bond motifs is 1. The van der Waals surface area contributed by atoms with Crippen LogP contribution in [0.4, 0.5) is 0 Å². The second-order valence-electron chi connectivity index (χ2n) is 8.44. The van der Waals surface area contributed by atoms with Crippen molar-refractivity contribution in [2.45, 2.75) is 23.4 Å². The monoisotopic (exact) mass is 552 g/mol. The van der Waals surface area contributed by atoms with E-state index in [1.807, 2.05) is 18.7 Å². The molecule has 1 N–H and O–H groups in total. The van der Waals surface area contributed by atoms with Crippen LogP contribution in [0.2, 0.25) is 5.15 Å². The Labute approximate surface area is 210 Å².